The van der Waals surface area contributed by atoms with Gasteiger partial charge in [0.25, 0.3) is 0 Å². The number of amidine groups is 1. The van der Waals surface area contributed by atoms with Crippen molar-refractivity contribution in [2.24, 2.45) is 5.16 Å². The zero-order valence-corrected chi connectivity index (χ0v) is 7.70. The Bertz CT molecular complexity index is 508. The molecule has 13 nitrogen and oxygen atoms in total. The van der Waals surface area contributed by atoms with E-state index in [1.54, 1.807) is 0 Å². The molecule has 17 heavy (non-hydrogen) atoms. The van der Waals surface area contributed by atoms with E-state index in [0.717, 1.165) is 6.20 Å². The van der Waals surface area contributed by atoms with Gasteiger partial charge in [-0.15, -0.1) is 0 Å². The van der Waals surface area contributed by atoms with E-state index in [4.69, 9.17) is 0 Å². The Labute approximate surface area is 90.2 Å². The van der Waals surface area contributed by atoms with Gasteiger partial charge in [-0.05, 0) is 10.1 Å². The van der Waals surface area contributed by atoms with Crippen molar-refractivity contribution in [3.63, 3.8) is 0 Å². The summed E-state index contributed by atoms with van der Waals surface area (Å²) in [4.78, 5) is 23.1. The minimum Gasteiger partial charge on any atom is -0.391 e. The molecule has 1 unspecified atom stereocenters. The van der Waals surface area contributed by atoms with Gasteiger partial charge in [-0.3, -0.25) is 10.1 Å². The molecule has 0 aromatic carbocycles. The number of hydrogen-bond acceptors (Lipinski definition) is 10. The van der Waals surface area contributed by atoms with Crippen molar-refractivity contribution in [3.8, 4) is 0 Å². The second-order valence-corrected chi connectivity index (χ2v) is 2.70. The molecule has 0 aliphatic carbocycles. The summed E-state index contributed by atoms with van der Waals surface area (Å²) in [5, 5.41) is 38.3. The highest BCUT2D eigenvalue weighted by Crippen LogP contribution is 2.19. The number of anilines is 1. The van der Waals surface area contributed by atoms with Crippen LogP contribution in [0.1, 0.15) is 0 Å². The number of aromatic nitrogens is 2. The van der Waals surface area contributed by atoms with Crippen molar-refractivity contribution < 1.29 is 24.3 Å². The number of nitro groups is 2. The van der Waals surface area contributed by atoms with E-state index < -0.39 is 27.7 Å². The van der Waals surface area contributed by atoms with Gasteiger partial charge < -0.3 is 20.0 Å². The lowest BCUT2D eigenvalue weighted by Gasteiger charge is -2.05. The van der Waals surface area contributed by atoms with Crippen LogP contribution >= 0.6 is 0 Å². The van der Waals surface area contributed by atoms with Crippen LogP contribution in [0.5, 0.6) is 0 Å². The Morgan fingerprint density at radius 1 is 1.47 bits per heavy atom. The largest absolute Gasteiger partial charge is 0.506 e. The molecule has 0 spiro atoms. The Balaban J connectivity index is 2.37. The molecule has 0 saturated carbocycles. The van der Waals surface area contributed by atoms with E-state index in [1.165, 1.54) is 0 Å². The van der Waals surface area contributed by atoms with Crippen molar-refractivity contribution >= 4 is 11.7 Å². The van der Waals surface area contributed by atoms with E-state index in [9.17, 15) is 25.4 Å². The lowest BCUT2D eigenvalue weighted by molar-refractivity contribution is -0.794. The Morgan fingerprint density at radius 2 is 2.18 bits per heavy atom. The number of oxime groups is 1. The van der Waals surface area contributed by atoms with E-state index >= 15 is 0 Å². The standard InChI is InChI=1S/C4H2N6O7/c11-8(12)3-4(9(13)14)7(17-6-3)2-1-5-16-10(2)15/h1,4H. The SMILES string of the molecule is O=[N+]([O-])C1=NON(c2cno[n+]2[O-])C1[N+](=O)[O-]. The first kappa shape index (κ1) is 10.5. The Morgan fingerprint density at radius 3 is 2.65 bits per heavy atom. The number of rotatable bonds is 2. The molecule has 1 atom stereocenters. The lowest BCUT2D eigenvalue weighted by Crippen LogP contribution is -2.47. The molecule has 13 heteroatoms. The molecular formula is C4H2N6O7. The van der Waals surface area contributed by atoms with E-state index in [2.05, 4.69) is 19.9 Å². The van der Waals surface area contributed by atoms with E-state index in [1.807, 2.05) is 0 Å². The van der Waals surface area contributed by atoms with E-state index in [-0.39, 0.29) is 4.90 Å². The second-order valence-electron chi connectivity index (χ2n) is 2.70. The van der Waals surface area contributed by atoms with Gasteiger partial charge in [0.15, 0.2) is 0 Å². The quantitative estimate of drug-likeness (QED) is 0.334. The predicted octanol–water partition coefficient (Wildman–Crippen LogP) is -1.75. The highest BCUT2D eigenvalue weighted by atomic mass is 16.8. The first-order valence-corrected chi connectivity index (χ1v) is 3.89. The summed E-state index contributed by atoms with van der Waals surface area (Å²) in [5.41, 5.74) is 0. The average molecular weight is 246 g/mol. The van der Waals surface area contributed by atoms with Crippen molar-refractivity contribution in [2.75, 3.05) is 5.06 Å². The zero-order valence-electron chi connectivity index (χ0n) is 7.70. The minimum atomic E-state index is -2.05. The minimum absolute atomic E-state index is 0.213. The first-order valence-electron chi connectivity index (χ1n) is 3.89. The van der Waals surface area contributed by atoms with Crippen LogP contribution in [0, 0.1) is 25.4 Å². The Kier molecular flexibility index (Phi) is 2.19. The van der Waals surface area contributed by atoms with Crippen molar-refractivity contribution in [1.82, 2.24) is 5.16 Å². The first-order chi connectivity index (χ1) is 8.02. The maximum atomic E-state index is 11.0. The molecule has 0 fully saturated rings. The van der Waals surface area contributed by atoms with Crippen LogP contribution in [0.3, 0.4) is 0 Å². The normalized spacial score (nSPS) is 18.7. The molecule has 0 saturated heterocycles. The summed E-state index contributed by atoms with van der Waals surface area (Å²) >= 11 is 0. The summed E-state index contributed by atoms with van der Waals surface area (Å²) < 4.78 is 4.05. The lowest BCUT2D eigenvalue weighted by atomic mass is 10.4. The zero-order chi connectivity index (χ0) is 12.6. The second kappa shape index (κ2) is 3.54. The van der Waals surface area contributed by atoms with Crippen LogP contribution < -0.4 is 9.97 Å². The molecule has 2 heterocycles. The highest BCUT2D eigenvalue weighted by molar-refractivity contribution is 5.81. The van der Waals surface area contributed by atoms with Crippen molar-refractivity contribution in [3.05, 3.63) is 31.6 Å². The summed E-state index contributed by atoms with van der Waals surface area (Å²) in [6.45, 7) is 0. The molecule has 1 aromatic rings. The highest BCUT2D eigenvalue weighted by Gasteiger charge is 2.58. The molecule has 1 aromatic heterocycles. The Hall–Kier alpha value is -2.99. The van der Waals surface area contributed by atoms with Crippen LogP contribution in [-0.2, 0) is 4.94 Å². The predicted molar refractivity (Wildman–Crippen MR) is 44.2 cm³/mol. The van der Waals surface area contributed by atoms with Crippen molar-refractivity contribution in [2.45, 2.75) is 6.17 Å². The molecule has 90 valence electrons. The van der Waals surface area contributed by atoms with E-state index in [0.29, 0.717) is 5.06 Å². The summed E-state index contributed by atoms with van der Waals surface area (Å²) in [5.74, 6) is -1.59. The van der Waals surface area contributed by atoms with Gasteiger partial charge in [-0.1, -0.05) is 9.84 Å². The molecule has 0 amide bonds. The molecule has 0 bridgehead atoms. The third-order valence-corrected chi connectivity index (χ3v) is 1.76. The third kappa shape index (κ3) is 1.54. The average Bonchev–Trinajstić information content (AvgIpc) is 2.82. The fourth-order valence-electron chi connectivity index (χ4n) is 1.10. The van der Waals surface area contributed by atoms with Crippen LogP contribution in [0.4, 0.5) is 5.82 Å². The van der Waals surface area contributed by atoms with Crippen LogP contribution in [0.25, 0.3) is 0 Å². The molecule has 0 N–H and O–H groups in total. The molecule has 0 radical (unpaired) electrons. The maximum Gasteiger partial charge on any atom is 0.506 e. The van der Waals surface area contributed by atoms with Gasteiger partial charge in [0.05, 0.1) is 4.92 Å². The molecule has 1 aliphatic rings. The molecule has 2 rings (SSSR count). The molecule has 1 aliphatic heterocycles. The topological polar surface area (TPSA) is 164 Å². The van der Waals surface area contributed by atoms with Crippen LogP contribution in [-0.4, -0.2) is 27.0 Å². The number of hydroxylamine groups is 1. The van der Waals surface area contributed by atoms with Gasteiger partial charge in [-0.25, -0.2) is 0 Å². The third-order valence-electron chi connectivity index (χ3n) is 1.76. The number of hydrogen-bond donors (Lipinski definition) is 0. The summed E-state index contributed by atoms with van der Waals surface area (Å²) in [7, 11) is 0. The van der Waals surface area contributed by atoms with Gasteiger partial charge in [0.1, 0.15) is 0 Å². The van der Waals surface area contributed by atoms with Crippen molar-refractivity contribution in [1.29, 1.82) is 0 Å². The van der Waals surface area contributed by atoms with Gasteiger partial charge >= 0.3 is 17.8 Å². The number of nitrogens with zero attached hydrogens (tertiary/aromatic N) is 6. The summed E-state index contributed by atoms with van der Waals surface area (Å²) in [6, 6.07) is 0. The molecular weight excluding hydrogens is 244 g/mol. The fourth-order valence-corrected chi connectivity index (χ4v) is 1.10. The van der Waals surface area contributed by atoms with Gasteiger partial charge in [-0.2, -0.15) is 0 Å². The van der Waals surface area contributed by atoms with Crippen LogP contribution in [0.15, 0.2) is 16.0 Å². The van der Waals surface area contributed by atoms with Gasteiger partial charge in [0, 0.05) is 5.06 Å². The summed E-state index contributed by atoms with van der Waals surface area (Å²) in [6.07, 6.45) is -1.26. The van der Waals surface area contributed by atoms with Crippen LogP contribution in [0.2, 0.25) is 0 Å². The van der Waals surface area contributed by atoms with Gasteiger partial charge in [0.2, 0.25) is 11.4 Å². The maximum absolute atomic E-state index is 11.0. The fraction of sp³-hybridized carbons (Fsp3) is 0.250. The smallest absolute Gasteiger partial charge is 0.391 e. The monoisotopic (exact) mass is 246 g/mol.